The number of thioether (sulfide) groups is 1. The van der Waals surface area contributed by atoms with Gasteiger partial charge in [0.05, 0.1) is 9.82 Å². The van der Waals surface area contributed by atoms with Crippen molar-refractivity contribution < 1.29 is 14.8 Å². The predicted octanol–water partition coefficient (Wildman–Crippen LogP) is 2.14. The maximum absolute atomic E-state index is 11.1. The van der Waals surface area contributed by atoms with Crippen molar-refractivity contribution in [2.45, 2.75) is 30.8 Å². The Labute approximate surface area is 115 Å². The zero-order chi connectivity index (χ0) is 14.4. The van der Waals surface area contributed by atoms with Crippen LogP contribution in [0.15, 0.2) is 29.2 Å². The number of hydrogen-bond acceptors (Lipinski definition) is 5. The summed E-state index contributed by atoms with van der Waals surface area (Å²) in [7, 11) is 0. The Morgan fingerprint density at radius 1 is 1.47 bits per heavy atom. The molecular weight excluding hydrogens is 268 g/mol. The van der Waals surface area contributed by atoms with Crippen LogP contribution in [0.1, 0.15) is 13.8 Å². The molecule has 0 spiro atoms. The van der Waals surface area contributed by atoms with Crippen LogP contribution in [-0.4, -0.2) is 33.8 Å². The van der Waals surface area contributed by atoms with Gasteiger partial charge in [-0.3, -0.25) is 14.9 Å². The summed E-state index contributed by atoms with van der Waals surface area (Å²) in [5.41, 5.74) is 0.00110. The lowest BCUT2D eigenvalue weighted by atomic mass is 10.3. The summed E-state index contributed by atoms with van der Waals surface area (Å²) in [6, 6.07) is 5.62. The van der Waals surface area contributed by atoms with E-state index < -0.39 is 16.9 Å². The molecule has 1 aromatic rings. The van der Waals surface area contributed by atoms with E-state index in [1.807, 2.05) is 13.8 Å². The van der Waals surface area contributed by atoms with Crippen molar-refractivity contribution in [3.05, 3.63) is 34.4 Å². The van der Waals surface area contributed by atoms with Gasteiger partial charge in [-0.25, -0.2) is 0 Å². The molecule has 0 aliphatic heterocycles. The topological polar surface area (TPSA) is 92.5 Å². The minimum Gasteiger partial charge on any atom is -0.480 e. The van der Waals surface area contributed by atoms with Crippen molar-refractivity contribution in [3.8, 4) is 0 Å². The van der Waals surface area contributed by atoms with Crippen LogP contribution in [-0.2, 0) is 4.79 Å². The zero-order valence-corrected chi connectivity index (χ0v) is 11.5. The van der Waals surface area contributed by atoms with Crippen LogP contribution in [0.25, 0.3) is 0 Å². The first-order valence-electron chi connectivity index (χ1n) is 5.77. The molecule has 104 valence electrons. The van der Waals surface area contributed by atoms with Crippen LogP contribution in [0.5, 0.6) is 0 Å². The molecule has 0 radical (unpaired) electrons. The molecule has 19 heavy (non-hydrogen) atoms. The lowest BCUT2D eigenvalue weighted by molar-refractivity contribution is -0.387. The van der Waals surface area contributed by atoms with Crippen LogP contribution in [0.4, 0.5) is 5.69 Å². The second kappa shape index (κ2) is 7.10. The highest BCUT2D eigenvalue weighted by molar-refractivity contribution is 7.99. The maximum atomic E-state index is 11.1. The van der Waals surface area contributed by atoms with Gasteiger partial charge in [0.15, 0.2) is 0 Å². The van der Waals surface area contributed by atoms with Gasteiger partial charge in [0.2, 0.25) is 0 Å². The minimum absolute atomic E-state index is 0.00110. The number of rotatable bonds is 7. The first-order chi connectivity index (χ1) is 8.91. The minimum atomic E-state index is -0.959. The number of nitro groups is 1. The number of carbonyl (C=O) groups is 1. The Hall–Kier alpha value is -1.60. The van der Waals surface area contributed by atoms with E-state index in [0.29, 0.717) is 4.90 Å². The Morgan fingerprint density at radius 3 is 2.63 bits per heavy atom. The SMILES string of the molecule is CC(C)NC(CSc1ccccc1[N+](=O)[O-])C(=O)O. The van der Waals surface area contributed by atoms with Crippen LogP contribution < -0.4 is 5.32 Å². The highest BCUT2D eigenvalue weighted by Gasteiger charge is 2.20. The average molecular weight is 284 g/mol. The average Bonchev–Trinajstić information content (AvgIpc) is 2.34. The summed E-state index contributed by atoms with van der Waals surface area (Å²) in [5, 5.41) is 22.8. The summed E-state index contributed by atoms with van der Waals surface area (Å²) in [6.45, 7) is 3.71. The molecule has 1 unspecified atom stereocenters. The van der Waals surface area contributed by atoms with Crippen LogP contribution in [0, 0.1) is 10.1 Å². The van der Waals surface area contributed by atoms with E-state index >= 15 is 0 Å². The number of nitrogens with zero attached hydrogens (tertiary/aromatic N) is 1. The summed E-state index contributed by atoms with van der Waals surface area (Å²) in [6.07, 6.45) is 0. The van der Waals surface area contributed by atoms with Gasteiger partial charge >= 0.3 is 5.97 Å². The molecule has 1 rings (SSSR count). The summed E-state index contributed by atoms with van der Waals surface area (Å²) in [4.78, 5) is 21.9. The van der Waals surface area contributed by atoms with Crippen molar-refractivity contribution in [2.24, 2.45) is 0 Å². The standard InChI is InChI=1S/C12H16N2O4S/c1-8(2)13-9(12(15)16)7-19-11-6-4-3-5-10(11)14(17)18/h3-6,8-9,13H,7H2,1-2H3,(H,15,16). The normalized spacial score (nSPS) is 12.4. The Bertz CT molecular complexity index is 465. The fourth-order valence-electron chi connectivity index (χ4n) is 1.50. The van der Waals surface area contributed by atoms with Crippen LogP contribution in [0.3, 0.4) is 0 Å². The van der Waals surface area contributed by atoms with Crippen LogP contribution in [0.2, 0.25) is 0 Å². The van der Waals surface area contributed by atoms with Crippen molar-refractivity contribution in [2.75, 3.05) is 5.75 Å². The highest BCUT2D eigenvalue weighted by atomic mass is 32.2. The van der Waals surface area contributed by atoms with Crippen LogP contribution >= 0.6 is 11.8 Å². The zero-order valence-electron chi connectivity index (χ0n) is 10.7. The van der Waals surface area contributed by atoms with Crippen molar-refractivity contribution in [1.29, 1.82) is 0 Å². The molecule has 0 saturated heterocycles. The van der Waals surface area contributed by atoms with Gasteiger partial charge in [0.1, 0.15) is 6.04 Å². The van der Waals surface area contributed by atoms with Gasteiger partial charge in [-0.1, -0.05) is 26.0 Å². The largest absolute Gasteiger partial charge is 0.480 e. The molecule has 1 atom stereocenters. The van der Waals surface area contributed by atoms with Crippen molar-refractivity contribution >= 4 is 23.4 Å². The molecule has 0 heterocycles. The van der Waals surface area contributed by atoms with Gasteiger partial charge in [-0.05, 0) is 6.07 Å². The Kier molecular flexibility index (Phi) is 5.78. The molecule has 1 aromatic carbocycles. The number of carboxylic acid groups (broad SMARTS) is 1. The Balaban J connectivity index is 2.74. The van der Waals surface area contributed by atoms with E-state index in [9.17, 15) is 14.9 Å². The summed E-state index contributed by atoms with van der Waals surface area (Å²) < 4.78 is 0. The third-order valence-electron chi connectivity index (χ3n) is 2.30. The number of para-hydroxylation sites is 1. The number of carboxylic acids is 1. The molecule has 2 N–H and O–H groups in total. The maximum Gasteiger partial charge on any atom is 0.321 e. The monoisotopic (exact) mass is 284 g/mol. The fraction of sp³-hybridized carbons (Fsp3) is 0.417. The van der Waals surface area contributed by atoms with Gasteiger partial charge in [-0.2, -0.15) is 0 Å². The molecule has 6 nitrogen and oxygen atoms in total. The second-order valence-electron chi connectivity index (χ2n) is 4.25. The smallest absolute Gasteiger partial charge is 0.321 e. The van der Waals surface area contributed by atoms with E-state index in [1.54, 1.807) is 18.2 Å². The molecule has 0 aliphatic carbocycles. The van der Waals surface area contributed by atoms with Gasteiger partial charge in [-0.15, -0.1) is 11.8 Å². The third-order valence-corrected chi connectivity index (χ3v) is 3.46. The third kappa shape index (κ3) is 4.88. The summed E-state index contributed by atoms with van der Waals surface area (Å²) >= 11 is 1.17. The van der Waals surface area contributed by atoms with E-state index in [2.05, 4.69) is 5.32 Å². The van der Waals surface area contributed by atoms with E-state index in [4.69, 9.17) is 5.11 Å². The van der Waals surface area contributed by atoms with Crippen molar-refractivity contribution in [3.63, 3.8) is 0 Å². The number of aliphatic carboxylic acids is 1. The fourth-order valence-corrected chi connectivity index (χ4v) is 2.55. The molecule has 0 fully saturated rings. The number of nitrogens with one attached hydrogen (secondary N) is 1. The molecule has 0 bridgehead atoms. The van der Waals surface area contributed by atoms with Crippen molar-refractivity contribution in [1.82, 2.24) is 5.32 Å². The number of benzene rings is 1. The van der Waals surface area contributed by atoms with E-state index in [1.165, 1.54) is 17.8 Å². The lowest BCUT2D eigenvalue weighted by Crippen LogP contribution is -2.42. The number of nitro benzene ring substituents is 1. The Morgan fingerprint density at radius 2 is 2.11 bits per heavy atom. The second-order valence-corrected chi connectivity index (χ2v) is 5.31. The van der Waals surface area contributed by atoms with Gasteiger partial charge in [0.25, 0.3) is 5.69 Å². The molecule has 0 aliphatic rings. The first kappa shape index (κ1) is 15.5. The number of hydrogen-bond donors (Lipinski definition) is 2. The highest BCUT2D eigenvalue weighted by Crippen LogP contribution is 2.29. The molecule has 0 amide bonds. The lowest BCUT2D eigenvalue weighted by Gasteiger charge is -2.16. The van der Waals surface area contributed by atoms with Gasteiger partial charge < -0.3 is 10.4 Å². The van der Waals surface area contributed by atoms with E-state index in [-0.39, 0.29) is 17.5 Å². The molecular formula is C12H16N2O4S. The summed E-state index contributed by atoms with van der Waals surface area (Å²) in [5.74, 6) is -0.724. The van der Waals surface area contributed by atoms with Gasteiger partial charge in [0, 0.05) is 17.9 Å². The predicted molar refractivity (Wildman–Crippen MR) is 73.5 cm³/mol. The molecule has 7 heteroatoms. The first-order valence-corrected chi connectivity index (χ1v) is 6.75. The molecule has 0 aromatic heterocycles. The quantitative estimate of drug-likeness (QED) is 0.453. The molecule has 0 saturated carbocycles. The van der Waals surface area contributed by atoms with E-state index in [0.717, 1.165) is 0 Å².